The molecule has 0 unspecified atom stereocenters. The van der Waals surface area contributed by atoms with Crippen molar-refractivity contribution in [2.75, 3.05) is 0 Å². The first-order valence-corrected chi connectivity index (χ1v) is 12.7. The van der Waals surface area contributed by atoms with Gasteiger partial charge >= 0.3 is 0 Å². The van der Waals surface area contributed by atoms with Crippen LogP contribution in [-0.4, -0.2) is 24.3 Å². The summed E-state index contributed by atoms with van der Waals surface area (Å²) in [6, 6.07) is 40.3. The van der Waals surface area contributed by atoms with Crippen LogP contribution in [-0.2, 0) is 0 Å². The highest BCUT2D eigenvalue weighted by molar-refractivity contribution is 5.80. The number of ether oxygens (including phenoxy) is 1. The number of benzene rings is 4. The van der Waals surface area contributed by atoms with E-state index in [0.717, 1.165) is 56.4 Å². The van der Waals surface area contributed by atoms with E-state index in [0.29, 0.717) is 0 Å². The molecule has 0 saturated carbocycles. The number of rotatable bonds is 6. The van der Waals surface area contributed by atoms with Crippen molar-refractivity contribution in [2.24, 2.45) is 0 Å². The van der Waals surface area contributed by atoms with Crippen LogP contribution in [0.5, 0.6) is 11.5 Å². The van der Waals surface area contributed by atoms with Gasteiger partial charge in [-0.05, 0) is 42.0 Å². The Hall–Kier alpha value is -5.49. The van der Waals surface area contributed by atoms with Crippen LogP contribution in [0.1, 0.15) is 0 Å². The van der Waals surface area contributed by atoms with Gasteiger partial charge in [-0.2, -0.15) is 5.10 Å². The van der Waals surface area contributed by atoms with Gasteiger partial charge in [-0.25, -0.2) is 14.6 Å². The first kappa shape index (κ1) is 22.7. The molecule has 0 aliphatic heterocycles. The number of hydrogen-bond acceptors (Lipinski definition) is 4. The van der Waals surface area contributed by atoms with Gasteiger partial charge in [0.2, 0.25) is 0 Å². The second kappa shape index (κ2) is 9.76. The Bertz CT molecular complexity index is 1830. The SMILES string of the molecule is c1ccc(-c2cn(-c3cccc(Oc4cccc(-n5cnc6cccnc65)c4)c3)nc2-c2ccccc2)cc1. The summed E-state index contributed by atoms with van der Waals surface area (Å²) in [4.78, 5) is 8.94. The van der Waals surface area contributed by atoms with Gasteiger partial charge < -0.3 is 4.74 Å². The Morgan fingerprint density at radius 3 is 2.05 bits per heavy atom. The smallest absolute Gasteiger partial charge is 0.164 e. The van der Waals surface area contributed by atoms with E-state index in [4.69, 9.17) is 9.84 Å². The molecule has 0 saturated heterocycles. The minimum atomic E-state index is 0.719. The summed E-state index contributed by atoms with van der Waals surface area (Å²) in [6.07, 6.45) is 5.63. The lowest BCUT2D eigenvalue weighted by molar-refractivity contribution is 0.482. The summed E-state index contributed by atoms with van der Waals surface area (Å²) in [6.45, 7) is 0. The van der Waals surface area contributed by atoms with E-state index >= 15 is 0 Å². The summed E-state index contributed by atoms with van der Waals surface area (Å²) >= 11 is 0. The van der Waals surface area contributed by atoms with Gasteiger partial charge in [-0.1, -0.05) is 72.8 Å². The van der Waals surface area contributed by atoms with Crippen molar-refractivity contribution >= 4 is 11.2 Å². The molecule has 0 aliphatic carbocycles. The van der Waals surface area contributed by atoms with Gasteiger partial charge in [0.15, 0.2) is 5.65 Å². The Morgan fingerprint density at radius 1 is 0.590 bits per heavy atom. The molecule has 0 atom stereocenters. The molecular formula is C33H23N5O. The van der Waals surface area contributed by atoms with E-state index in [2.05, 4.69) is 40.4 Å². The molecule has 0 N–H and O–H groups in total. The van der Waals surface area contributed by atoms with Gasteiger partial charge in [-0.3, -0.25) is 4.57 Å². The number of pyridine rings is 1. The molecule has 0 bridgehead atoms. The number of aromatic nitrogens is 5. The molecule has 3 heterocycles. The lowest BCUT2D eigenvalue weighted by atomic mass is 10.0. The van der Waals surface area contributed by atoms with Crippen molar-refractivity contribution in [3.8, 4) is 45.3 Å². The third-order valence-corrected chi connectivity index (χ3v) is 6.57. The summed E-state index contributed by atoms with van der Waals surface area (Å²) < 4.78 is 10.2. The van der Waals surface area contributed by atoms with Gasteiger partial charge in [0.1, 0.15) is 29.0 Å². The van der Waals surface area contributed by atoms with Gasteiger partial charge in [0.25, 0.3) is 0 Å². The maximum atomic E-state index is 6.30. The van der Waals surface area contributed by atoms with Crippen molar-refractivity contribution in [3.05, 3.63) is 140 Å². The monoisotopic (exact) mass is 505 g/mol. The van der Waals surface area contributed by atoms with Gasteiger partial charge in [-0.15, -0.1) is 0 Å². The molecule has 6 nitrogen and oxygen atoms in total. The van der Waals surface area contributed by atoms with Crippen LogP contribution in [0, 0.1) is 0 Å². The number of hydrogen-bond donors (Lipinski definition) is 0. The average molecular weight is 506 g/mol. The van der Waals surface area contributed by atoms with Crippen LogP contribution in [0.25, 0.3) is 44.9 Å². The van der Waals surface area contributed by atoms with Crippen molar-refractivity contribution < 1.29 is 4.74 Å². The van der Waals surface area contributed by atoms with Crippen LogP contribution in [0.2, 0.25) is 0 Å². The maximum absolute atomic E-state index is 6.30. The minimum Gasteiger partial charge on any atom is -0.457 e. The molecule has 7 aromatic rings. The second-order valence-electron chi connectivity index (χ2n) is 9.13. The number of fused-ring (bicyclic) bond motifs is 1. The third kappa shape index (κ3) is 4.45. The lowest BCUT2D eigenvalue weighted by Crippen LogP contribution is -1.96. The summed E-state index contributed by atoms with van der Waals surface area (Å²) in [7, 11) is 0. The highest BCUT2D eigenvalue weighted by Gasteiger charge is 2.14. The van der Waals surface area contributed by atoms with Gasteiger partial charge in [0.05, 0.1) is 11.4 Å². The molecule has 7 rings (SSSR count). The van der Waals surface area contributed by atoms with Crippen LogP contribution in [0.3, 0.4) is 0 Å². The van der Waals surface area contributed by atoms with Gasteiger partial charge in [0, 0.05) is 35.7 Å². The fourth-order valence-corrected chi connectivity index (χ4v) is 4.71. The van der Waals surface area contributed by atoms with E-state index in [9.17, 15) is 0 Å². The van der Waals surface area contributed by atoms with Crippen molar-refractivity contribution in [3.63, 3.8) is 0 Å². The molecule has 0 fully saturated rings. The molecular weight excluding hydrogens is 482 g/mol. The minimum absolute atomic E-state index is 0.719. The predicted octanol–water partition coefficient (Wildman–Crippen LogP) is 7.73. The zero-order chi connectivity index (χ0) is 26.0. The first-order chi connectivity index (χ1) is 19.3. The normalized spacial score (nSPS) is 11.1. The van der Waals surface area contributed by atoms with Crippen LogP contribution >= 0.6 is 0 Å². The largest absolute Gasteiger partial charge is 0.457 e. The number of imidazole rings is 1. The van der Waals surface area contributed by atoms with Crippen molar-refractivity contribution in [1.82, 2.24) is 24.3 Å². The molecule has 3 aromatic heterocycles. The highest BCUT2D eigenvalue weighted by Crippen LogP contribution is 2.33. The quantitative estimate of drug-likeness (QED) is 0.232. The molecule has 0 radical (unpaired) electrons. The fourth-order valence-electron chi connectivity index (χ4n) is 4.71. The summed E-state index contributed by atoms with van der Waals surface area (Å²) in [5.41, 5.74) is 7.68. The molecule has 0 aliphatic rings. The topological polar surface area (TPSA) is 57.8 Å². The first-order valence-electron chi connectivity index (χ1n) is 12.7. The zero-order valence-corrected chi connectivity index (χ0v) is 20.9. The lowest BCUT2D eigenvalue weighted by Gasteiger charge is -2.10. The second-order valence-corrected chi connectivity index (χ2v) is 9.13. The Morgan fingerprint density at radius 2 is 1.28 bits per heavy atom. The molecule has 186 valence electrons. The molecule has 0 spiro atoms. The van der Waals surface area contributed by atoms with Crippen LogP contribution in [0.4, 0.5) is 0 Å². The maximum Gasteiger partial charge on any atom is 0.164 e. The number of nitrogens with zero attached hydrogens (tertiary/aromatic N) is 5. The zero-order valence-electron chi connectivity index (χ0n) is 20.9. The predicted molar refractivity (Wildman–Crippen MR) is 153 cm³/mol. The Labute approximate surface area is 225 Å². The Kier molecular flexibility index (Phi) is 5.68. The Balaban J connectivity index is 1.23. The van der Waals surface area contributed by atoms with Crippen molar-refractivity contribution in [2.45, 2.75) is 0 Å². The fraction of sp³-hybridized carbons (Fsp3) is 0. The molecule has 39 heavy (non-hydrogen) atoms. The average Bonchev–Trinajstić information content (AvgIpc) is 3.64. The third-order valence-electron chi connectivity index (χ3n) is 6.57. The van der Waals surface area contributed by atoms with Crippen molar-refractivity contribution in [1.29, 1.82) is 0 Å². The molecule has 4 aromatic carbocycles. The summed E-state index contributed by atoms with van der Waals surface area (Å²) in [5.74, 6) is 1.44. The van der Waals surface area contributed by atoms with Crippen LogP contribution < -0.4 is 4.74 Å². The van der Waals surface area contributed by atoms with E-state index in [1.807, 2.05) is 106 Å². The van der Waals surface area contributed by atoms with E-state index in [-0.39, 0.29) is 0 Å². The molecule has 0 amide bonds. The van der Waals surface area contributed by atoms with E-state index < -0.39 is 0 Å². The standard InChI is InChI=1S/C33H23N5O/c1-3-10-24(11-4-1)30-22-38(36-32(30)25-12-5-2-6-13-25)27-15-8-17-29(21-27)39-28-16-7-14-26(20-28)37-23-35-31-18-9-19-34-33(31)37/h1-23H. The molecule has 6 heteroatoms. The van der Waals surface area contributed by atoms with E-state index in [1.54, 1.807) is 12.5 Å². The van der Waals surface area contributed by atoms with E-state index in [1.165, 1.54) is 0 Å². The highest BCUT2D eigenvalue weighted by atomic mass is 16.5. The van der Waals surface area contributed by atoms with Crippen LogP contribution in [0.15, 0.2) is 140 Å². The summed E-state index contributed by atoms with van der Waals surface area (Å²) in [5, 5.41) is 5.00.